The van der Waals surface area contributed by atoms with Crippen LogP contribution in [0.25, 0.3) is 0 Å². The summed E-state index contributed by atoms with van der Waals surface area (Å²) in [4.78, 5) is 11.4. The van der Waals surface area contributed by atoms with Gasteiger partial charge in [-0.1, -0.05) is 66.2 Å². The van der Waals surface area contributed by atoms with Crippen LogP contribution >= 0.6 is 11.6 Å². The second-order valence-electron chi connectivity index (χ2n) is 5.26. The van der Waals surface area contributed by atoms with Crippen molar-refractivity contribution in [3.05, 3.63) is 101 Å². The topological polar surface area (TPSA) is 46.5 Å². The van der Waals surface area contributed by atoms with Crippen molar-refractivity contribution in [3.8, 4) is 5.75 Å². The van der Waals surface area contributed by atoms with Gasteiger partial charge in [-0.05, 0) is 35.4 Å². The van der Waals surface area contributed by atoms with Crippen molar-refractivity contribution >= 4 is 17.6 Å². The van der Waals surface area contributed by atoms with E-state index in [9.17, 15) is 9.90 Å². The molecule has 0 aliphatic heterocycles. The van der Waals surface area contributed by atoms with Crippen LogP contribution in [0.5, 0.6) is 5.75 Å². The van der Waals surface area contributed by atoms with Gasteiger partial charge in [-0.3, -0.25) is 0 Å². The molecule has 120 valence electrons. The fourth-order valence-electron chi connectivity index (χ4n) is 2.47. The molecule has 1 unspecified atom stereocenters. The summed E-state index contributed by atoms with van der Waals surface area (Å²) in [6.07, 6.45) is -0.427. The first kappa shape index (κ1) is 16.1. The van der Waals surface area contributed by atoms with E-state index in [1.807, 2.05) is 42.5 Å². The lowest BCUT2D eigenvalue weighted by Crippen LogP contribution is -2.12. The van der Waals surface area contributed by atoms with Crippen molar-refractivity contribution in [3.63, 3.8) is 0 Å². The molecule has 0 heterocycles. The minimum absolute atomic E-state index is 0.132. The molecule has 0 aromatic heterocycles. The highest BCUT2D eigenvalue weighted by Crippen LogP contribution is 2.31. The molecule has 0 saturated heterocycles. The number of carboxylic acids is 1. The van der Waals surface area contributed by atoms with E-state index in [0.717, 1.165) is 11.1 Å². The summed E-state index contributed by atoms with van der Waals surface area (Å²) < 4.78 is 6.09. The normalized spacial score (nSPS) is 11.7. The van der Waals surface area contributed by atoms with Gasteiger partial charge in [0.1, 0.15) is 17.4 Å². The maximum Gasteiger partial charge on any atom is 0.339 e. The molecule has 3 aromatic carbocycles. The Morgan fingerprint density at radius 1 is 0.833 bits per heavy atom. The van der Waals surface area contributed by atoms with Crippen LogP contribution in [0.3, 0.4) is 0 Å². The van der Waals surface area contributed by atoms with Gasteiger partial charge in [0.2, 0.25) is 0 Å². The van der Waals surface area contributed by atoms with Crippen molar-refractivity contribution in [1.29, 1.82) is 0 Å². The average Bonchev–Trinajstić information content (AvgIpc) is 2.61. The summed E-state index contributed by atoms with van der Waals surface area (Å²) in [5.41, 5.74) is 1.96. The minimum atomic E-state index is -1.02. The van der Waals surface area contributed by atoms with E-state index in [1.54, 1.807) is 30.3 Å². The van der Waals surface area contributed by atoms with Gasteiger partial charge in [-0.25, -0.2) is 4.79 Å². The van der Waals surface area contributed by atoms with Gasteiger partial charge in [0, 0.05) is 5.02 Å². The molecule has 0 spiro atoms. The smallest absolute Gasteiger partial charge is 0.339 e. The molecular weight excluding hydrogens is 324 g/mol. The lowest BCUT2D eigenvalue weighted by atomic mass is 10.0. The number of para-hydroxylation sites is 1. The molecule has 0 saturated carbocycles. The molecule has 0 amide bonds. The predicted octanol–water partition coefficient (Wildman–Crippen LogP) is 5.21. The Bertz CT molecular complexity index is 829. The fraction of sp³-hybridized carbons (Fsp3) is 0.0500. The highest BCUT2D eigenvalue weighted by Gasteiger charge is 2.19. The van der Waals surface area contributed by atoms with Crippen LogP contribution in [0.1, 0.15) is 27.6 Å². The fourth-order valence-corrected chi connectivity index (χ4v) is 2.59. The molecule has 0 bridgehead atoms. The lowest BCUT2D eigenvalue weighted by molar-refractivity contribution is 0.0690. The van der Waals surface area contributed by atoms with Crippen LogP contribution in [-0.4, -0.2) is 11.1 Å². The highest BCUT2D eigenvalue weighted by atomic mass is 35.5. The van der Waals surface area contributed by atoms with Crippen LogP contribution in [0.4, 0.5) is 0 Å². The van der Waals surface area contributed by atoms with Crippen LogP contribution in [0.15, 0.2) is 78.9 Å². The lowest BCUT2D eigenvalue weighted by Gasteiger charge is -2.21. The molecule has 4 heteroatoms. The molecule has 1 N–H and O–H groups in total. The summed E-state index contributed by atoms with van der Waals surface area (Å²) in [5, 5.41) is 9.99. The van der Waals surface area contributed by atoms with Crippen LogP contribution in [-0.2, 0) is 0 Å². The summed E-state index contributed by atoms with van der Waals surface area (Å²) in [6, 6.07) is 23.6. The van der Waals surface area contributed by atoms with E-state index in [2.05, 4.69) is 0 Å². The molecule has 0 radical (unpaired) electrons. The number of ether oxygens (including phenoxy) is 1. The number of aromatic carboxylic acids is 1. The third kappa shape index (κ3) is 3.58. The van der Waals surface area contributed by atoms with E-state index in [0.29, 0.717) is 10.8 Å². The van der Waals surface area contributed by atoms with E-state index in [4.69, 9.17) is 16.3 Å². The molecule has 24 heavy (non-hydrogen) atoms. The molecule has 3 aromatic rings. The van der Waals surface area contributed by atoms with Crippen LogP contribution in [0.2, 0.25) is 5.02 Å². The molecule has 0 fully saturated rings. The standard InChI is InChI=1S/C20H15ClO3/c21-16-12-10-15(11-13-16)19(14-6-2-1-3-7-14)24-18-9-5-4-8-17(18)20(22)23/h1-13,19H,(H,22,23). The second-order valence-corrected chi connectivity index (χ2v) is 5.70. The van der Waals surface area contributed by atoms with E-state index in [1.165, 1.54) is 6.07 Å². The monoisotopic (exact) mass is 338 g/mol. The first-order valence-electron chi connectivity index (χ1n) is 7.44. The highest BCUT2D eigenvalue weighted by molar-refractivity contribution is 6.30. The Morgan fingerprint density at radius 3 is 2.08 bits per heavy atom. The SMILES string of the molecule is O=C(O)c1ccccc1OC(c1ccccc1)c1ccc(Cl)cc1. The number of hydrogen-bond donors (Lipinski definition) is 1. The number of halogens is 1. The van der Waals surface area contributed by atoms with Gasteiger partial charge < -0.3 is 9.84 Å². The minimum Gasteiger partial charge on any atom is -0.480 e. The van der Waals surface area contributed by atoms with Gasteiger partial charge >= 0.3 is 5.97 Å². The quantitative estimate of drug-likeness (QED) is 0.695. The van der Waals surface area contributed by atoms with Crippen LogP contribution < -0.4 is 4.74 Å². The van der Waals surface area contributed by atoms with Gasteiger partial charge in [0.25, 0.3) is 0 Å². The Hall–Kier alpha value is -2.78. The third-order valence-electron chi connectivity index (χ3n) is 3.64. The van der Waals surface area contributed by atoms with Crippen molar-refractivity contribution < 1.29 is 14.6 Å². The van der Waals surface area contributed by atoms with Crippen molar-refractivity contribution in [2.75, 3.05) is 0 Å². The first-order valence-corrected chi connectivity index (χ1v) is 7.82. The summed E-state index contributed by atoms with van der Waals surface area (Å²) in [6.45, 7) is 0. The number of carboxylic acid groups (broad SMARTS) is 1. The van der Waals surface area contributed by atoms with E-state index < -0.39 is 12.1 Å². The molecule has 1 atom stereocenters. The Morgan fingerprint density at radius 2 is 1.42 bits per heavy atom. The summed E-state index contributed by atoms with van der Waals surface area (Å²) in [5.74, 6) is -0.692. The molecular formula is C20H15ClO3. The van der Waals surface area contributed by atoms with Crippen molar-refractivity contribution in [2.24, 2.45) is 0 Å². The maximum atomic E-state index is 11.4. The average molecular weight is 339 g/mol. The summed E-state index contributed by atoms with van der Waals surface area (Å²) in [7, 11) is 0. The molecule has 0 aliphatic rings. The summed E-state index contributed by atoms with van der Waals surface area (Å²) >= 11 is 5.97. The number of carbonyl (C=O) groups is 1. The Balaban J connectivity index is 2.03. The first-order chi connectivity index (χ1) is 11.6. The largest absolute Gasteiger partial charge is 0.480 e. The van der Waals surface area contributed by atoms with E-state index >= 15 is 0 Å². The van der Waals surface area contributed by atoms with E-state index in [-0.39, 0.29) is 5.56 Å². The number of rotatable bonds is 5. The predicted molar refractivity (Wildman–Crippen MR) is 93.8 cm³/mol. The van der Waals surface area contributed by atoms with Crippen molar-refractivity contribution in [2.45, 2.75) is 6.10 Å². The van der Waals surface area contributed by atoms with Gasteiger partial charge in [0.15, 0.2) is 0 Å². The zero-order valence-electron chi connectivity index (χ0n) is 12.7. The van der Waals surface area contributed by atoms with Crippen LogP contribution in [0, 0.1) is 0 Å². The molecule has 3 rings (SSSR count). The molecule has 3 nitrogen and oxygen atoms in total. The number of hydrogen-bond acceptors (Lipinski definition) is 2. The van der Waals surface area contributed by atoms with Crippen molar-refractivity contribution in [1.82, 2.24) is 0 Å². The van der Waals surface area contributed by atoms with Gasteiger partial charge in [0.05, 0.1) is 0 Å². The Kier molecular flexibility index (Phi) is 4.82. The second kappa shape index (κ2) is 7.20. The zero-order chi connectivity index (χ0) is 16.9. The maximum absolute atomic E-state index is 11.4. The van der Waals surface area contributed by atoms with Gasteiger partial charge in [-0.2, -0.15) is 0 Å². The Labute approximate surface area is 145 Å². The zero-order valence-corrected chi connectivity index (χ0v) is 13.5. The number of benzene rings is 3. The van der Waals surface area contributed by atoms with Gasteiger partial charge in [-0.15, -0.1) is 0 Å². The third-order valence-corrected chi connectivity index (χ3v) is 3.89. The molecule has 0 aliphatic carbocycles.